The highest BCUT2D eigenvalue weighted by atomic mass is 15.1. The predicted molar refractivity (Wildman–Crippen MR) is 100 cm³/mol. The molecule has 2 heterocycles. The number of benzene rings is 1. The summed E-state index contributed by atoms with van der Waals surface area (Å²) >= 11 is 0. The molecule has 126 valence electrons. The van der Waals surface area contributed by atoms with Crippen molar-refractivity contribution in [2.75, 3.05) is 6.54 Å². The maximum atomic E-state index is 5.72. The first-order chi connectivity index (χ1) is 11.4. The summed E-state index contributed by atoms with van der Waals surface area (Å²) in [5.41, 5.74) is 11.3. The smallest absolute Gasteiger partial charge is 0.160 e. The third-order valence-electron chi connectivity index (χ3n) is 4.32. The van der Waals surface area contributed by atoms with E-state index in [1.165, 1.54) is 5.56 Å². The minimum absolute atomic E-state index is 0.150. The third kappa shape index (κ3) is 3.20. The zero-order chi connectivity index (χ0) is 17.3. The molecule has 4 heteroatoms. The molecule has 0 saturated carbocycles. The number of hydrogen-bond donors (Lipinski definition) is 1. The normalized spacial score (nSPS) is 12.0. The summed E-state index contributed by atoms with van der Waals surface area (Å²) in [5, 5.41) is 0. The van der Waals surface area contributed by atoms with E-state index in [9.17, 15) is 0 Å². The minimum atomic E-state index is 0.150. The highest BCUT2D eigenvalue weighted by molar-refractivity contribution is 5.77. The number of aryl methyl sites for hydroxylation is 2. The highest BCUT2D eigenvalue weighted by Crippen LogP contribution is 2.28. The van der Waals surface area contributed by atoms with E-state index >= 15 is 0 Å². The second-order valence-electron chi connectivity index (χ2n) is 7.41. The molecule has 2 N–H and O–H groups in total. The molecule has 4 nitrogen and oxygen atoms in total. The number of nitrogens with two attached hydrogens (primary N) is 1. The fourth-order valence-corrected chi connectivity index (χ4v) is 2.91. The molecule has 2 aromatic heterocycles. The number of pyridine rings is 1. The van der Waals surface area contributed by atoms with Gasteiger partial charge in [-0.25, -0.2) is 9.97 Å². The average Bonchev–Trinajstić information content (AvgIpc) is 2.89. The molecule has 0 aliphatic carbocycles. The molecule has 0 aliphatic rings. The van der Waals surface area contributed by atoms with Crippen LogP contribution in [0.1, 0.15) is 38.3 Å². The fraction of sp³-hybridized carbons (Fsp3) is 0.400. The van der Waals surface area contributed by atoms with E-state index < -0.39 is 0 Å². The van der Waals surface area contributed by atoms with Gasteiger partial charge in [-0.1, -0.05) is 45.0 Å². The van der Waals surface area contributed by atoms with Crippen molar-refractivity contribution in [3.8, 4) is 11.4 Å². The van der Waals surface area contributed by atoms with Gasteiger partial charge in [0.05, 0.1) is 0 Å². The van der Waals surface area contributed by atoms with Crippen LogP contribution in [0, 0.1) is 6.92 Å². The monoisotopic (exact) mass is 322 g/mol. The number of fused-ring (bicyclic) bond motifs is 1. The fourth-order valence-electron chi connectivity index (χ4n) is 2.91. The van der Waals surface area contributed by atoms with Crippen molar-refractivity contribution in [2.45, 2.75) is 46.1 Å². The van der Waals surface area contributed by atoms with E-state index in [0.717, 1.165) is 41.1 Å². The van der Waals surface area contributed by atoms with Crippen LogP contribution in [0.25, 0.3) is 22.6 Å². The zero-order valence-corrected chi connectivity index (χ0v) is 15.0. The van der Waals surface area contributed by atoms with Gasteiger partial charge in [-0.05, 0) is 42.5 Å². The Morgan fingerprint density at radius 1 is 1.12 bits per heavy atom. The molecule has 0 bridgehead atoms. The van der Waals surface area contributed by atoms with Gasteiger partial charge in [-0.3, -0.25) is 0 Å². The van der Waals surface area contributed by atoms with Crippen molar-refractivity contribution in [2.24, 2.45) is 5.73 Å². The largest absolute Gasteiger partial charge is 0.330 e. The van der Waals surface area contributed by atoms with Crippen molar-refractivity contribution in [1.29, 1.82) is 0 Å². The van der Waals surface area contributed by atoms with Crippen LogP contribution in [0.2, 0.25) is 0 Å². The maximum absolute atomic E-state index is 5.72. The average molecular weight is 322 g/mol. The molecule has 0 atom stereocenters. The van der Waals surface area contributed by atoms with Crippen LogP contribution >= 0.6 is 0 Å². The molecule has 3 rings (SSSR count). The molecule has 0 amide bonds. The molecule has 24 heavy (non-hydrogen) atoms. The highest BCUT2D eigenvalue weighted by Gasteiger charge is 2.16. The van der Waals surface area contributed by atoms with Crippen LogP contribution < -0.4 is 5.73 Å². The summed E-state index contributed by atoms with van der Waals surface area (Å²) < 4.78 is 2.19. The molecule has 0 saturated heterocycles. The van der Waals surface area contributed by atoms with Crippen LogP contribution in [-0.2, 0) is 12.0 Å². The number of aromatic nitrogens is 3. The quantitative estimate of drug-likeness (QED) is 0.788. The van der Waals surface area contributed by atoms with Crippen LogP contribution in [0.5, 0.6) is 0 Å². The Balaban J connectivity index is 2.10. The lowest BCUT2D eigenvalue weighted by Crippen LogP contribution is -2.11. The van der Waals surface area contributed by atoms with Crippen molar-refractivity contribution in [1.82, 2.24) is 14.5 Å². The Labute approximate surface area is 143 Å². The Hall–Kier alpha value is -2.20. The summed E-state index contributed by atoms with van der Waals surface area (Å²) in [6.45, 7) is 10.2. The van der Waals surface area contributed by atoms with Crippen LogP contribution in [-0.4, -0.2) is 21.1 Å². The Morgan fingerprint density at radius 3 is 2.46 bits per heavy atom. The molecule has 0 radical (unpaired) electrons. The first-order valence-electron chi connectivity index (χ1n) is 8.54. The van der Waals surface area contributed by atoms with Gasteiger partial charge in [0.15, 0.2) is 5.65 Å². The van der Waals surface area contributed by atoms with Gasteiger partial charge in [0.25, 0.3) is 0 Å². The lowest BCUT2D eigenvalue weighted by molar-refractivity contribution is 0.590. The second-order valence-corrected chi connectivity index (χ2v) is 7.41. The van der Waals surface area contributed by atoms with Crippen molar-refractivity contribution < 1.29 is 0 Å². The summed E-state index contributed by atoms with van der Waals surface area (Å²) in [4.78, 5) is 9.44. The Kier molecular flexibility index (Phi) is 4.41. The zero-order valence-electron chi connectivity index (χ0n) is 15.0. The molecule has 0 aliphatic heterocycles. The Bertz CT molecular complexity index is 838. The standard InChI is InChI=1S/C20H26N4/c1-14-12-17-19(22-13-14)24(11-5-10-21)18(23-17)15-6-8-16(9-7-15)20(2,3)4/h6-9,12-13H,5,10-11,21H2,1-4H3. The number of imidazole rings is 1. The van der Waals surface area contributed by atoms with Crippen molar-refractivity contribution in [3.63, 3.8) is 0 Å². The van der Waals surface area contributed by atoms with E-state index in [1.807, 2.05) is 13.1 Å². The molecule has 0 spiro atoms. The van der Waals surface area contributed by atoms with E-state index in [-0.39, 0.29) is 5.41 Å². The van der Waals surface area contributed by atoms with Crippen LogP contribution in [0.3, 0.4) is 0 Å². The lowest BCUT2D eigenvalue weighted by atomic mass is 9.87. The summed E-state index contributed by atoms with van der Waals surface area (Å²) in [6, 6.07) is 10.8. The van der Waals surface area contributed by atoms with Gasteiger partial charge < -0.3 is 10.3 Å². The van der Waals surface area contributed by atoms with Gasteiger partial charge in [0, 0.05) is 18.3 Å². The second kappa shape index (κ2) is 6.36. The number of rotatable bonds is 4. The molecular formula is C20H26N4. The lowest BCUT2D eigenvalue weighted by Gasteiger charge is -2.19. The van der Waals surface area contributed by atoms with E-state index in [0.29, 0.717) is 6.54 Å². The van der Waals surface area contributed by atoms with E-state index in [1.54, 1.807) is 0 Å². The van der Waals surface area contributed by atoms with E-state index in [4.69, 9.17) is 10.7 Å². The molecule has 0 fully saturated rings. The van der Waals surface area contributed by atoms with Crippen molar-refractivity contribution in [3.05, 3.63) is 47.7 Å². The van der Waals surface area contributed by atoms with Gasteiger partial charge in [-0.15, -0.1) is 0 Å². The topological polar surface area (TPSA) is 56.7 Å². The number of hydrogen-bond acceptors (Lipinski definition) is 3. The molecular weight excluding hydrogens is 296 g/mol. The van der Waals surface area contributed by atoms with E-state index in [2.05, 4.69) is 60.7 Å². The maximum Gasteiger partial charge on any atom is 0.160 e. The Morgan fingerprint density at radius 2 is 1.83 bits per heavy atom. The third-order valence-corrected chi connectivity index (χ3v) is 4.32. The van der Waals surface area contributed by atoms with Gasteiger partial charge in [0.1, 0.15) is 11.3 Å². The first kappa shape index (κ1) is 16.7. The molecule has 3 aromatic rings. The summed E-state index contributed by atoms with van der Waals surface area (Å²) in [6.07, 6.45) is 2.81. The van der Waals surface area contributed by atoms with Crippen molar-refractivity contribution >= 4 is 11.2 Å². The summed E-state index contributed by atoms with van der Waals surface area (Å²) in [7, 11) is 0. The summed E-state index contributed by atoms with van der Waals surface area (Å²) in [5.74, 6) is 0.969. The SMILES string of the molecule is Cc1cnc2c(c1)nc(-c1ccc(C(C)(C)C)cc1)n2CCCN. The predicted octanol–water partition coefficient (Wildman–Crippen LogP) is 4.05. The first-order valence-corrected chi connectivity index (χ1v) is 8.54. The van der Waals surface area contributed by atoms with Gasteiger partial charge in [-0.2, -0.15) is 0 Å². The number of nitrogens with zero attached hydrogens (tertiary/aromatic N) is 3. The van der Waals surface area contributed by atoms with Gasteiger partial charge >= 0.3 is 0 Å². The minimum Gasteiger partial charge on any atom is -0.330 e. The van der Waals surface area contributed by atoms with Crippen LogP contribution in [0.15, 0.2) is 36.5 Å². The molecule has 1 aromatic carbocycles. The molecule has 0 unspecified atom stereocenters. The van der Waals surface area contributed by atoms with Crippen LogP contribution in [0.4, 0.5) is 0 Å². The van der Waals surface area contributed by atoms with Gasteiger partial charge in [0.2, 0.25) is 0 Å².